The summed E-state index contributed by atoms with van der Waals surface area (Å²) in [5.74, 6) is 0.559. The number of rotatable bonds is 9. The van der Waals surface area contributed by atoms with Crippen molar-refractivity contribution < 1.29 is 23.5 Å². The molecule has 0 saturated carbocycles. The summed E-state index contributed by atoms with van der Waals surface area (Å²) in [6.45, 7) is 7.08. The molecule has 40 heavy (non-hydrogen) atoms. The predicted octanol–water partition coefficient (Wildman–Crippen LogP) is 5.47. The fraction of sp³-hybridized carbons (Fsp3) is 0.286. The highest BCUT2D eigenvalue weighted by molar-refractivity contribution is 9.10. The topological polar surface area (TPSA) is 138 Å². The molecule has 5 rings (SSSR count). The second-order valence-electron chi connectivity index (χ2n) is 9.44. The van der Waals surface area contributed by atoms with Gasteiger partial charge in [0.05, 0.1) is 16.1 Å². The van der Waals surface area contributed by atoms with E-state index >= 15 is 0 Å². The number of aromatic nitrogens is 6. The minimum atomic E-state index is -0.604. The zero-order chi connectivity index (χ0) is 28.4. The summed E-state index contributed by atoms with van der Waals surface area (Å²) in [4.78, 5) is 29.3. The van der Waals surface area contributed by atoms with Crippen LogP contribution in [0, 0.1) is 12.8 Å². The first kappa shape index (κ1) is 27.3. The van der Waals surface area contributed by atoms with Crippen LogP contribution in [0.4, 0.5) is 0 Å². The van der Waals surface area contributed by atoms with E-state index in [4.69, 9.17) is 13.9 Å². The Labute approximate surface area is 238 Å². The van der Waals surface area contributed by atoms with Crippen LogP contribution in [0.3, 0.4) is 0 Å². The van der Waals surface area contributed by atoms with Gasteiger partial charge in [-0.25, -0.2) is 14.9 Å². The van der Waals surface area contributed by atoms with E-state index in [9.17, 15) is 9.59 Å². The molecule has 1 N–H and O–H groups in total. The lowest BCUT2D eigenvalue weighted by Gasteiger charge is -2.12. The van der Waals surface area contributed by atoms with Crippen molar-refractivity contribution in [1.29, 1.82) is 0 Å². The normalized spacial score (nSPS) is 11.3. The number of imidazole rings is 1. The first-order chi connectivity index (χ1) is 19.3. The number of aromatic amines is 1. The second-order valence-corrected chi connectivity index (χ2v) is 10.2. The van der Waals surface area contributed by atoms with Crippen molar-refractivity contribution in [3.05, 3.63) is 69.7 Å². The Bertz CT molecular complexity index is 1690. The average molecular weight is 607 g/mol. The number of hydrogen-bond donors (Lipinski definition) is 1. The van der Waals surface area contributed by atoms with E-state index in [0.29, 0.717) is 41.5 Å². The number of halogens is 1. The van der Waals surface area contributed by atoms with Gasteiger partial charge < -0.3 is 18.5 Å². The Kier molecular flexibility index (Phi) is 7.78. The first-order valence-corrected chi connectivity index (χ1v) is 13.5. The highest BCUT2D eigenvalue weighted by atomic mass is 79.9. The maximum atomic E-state index is 13.0. The average Bonchev–Trinajstić information content (AvgIpc) is 3.67. The maximum Gasteiger partial charge on any atom is 0.359 e. The van der Waals surface area contributed by atoms with E-state index in [1.54, 1.807) is 20.8 Å². The molecule has 5 aromatic rings. The van der Waals surface area contributed by atoms with Crippen molar-refractivity contribution in [3.63, 3.8) is 0 Å². The Hall–Kier alpha value is -4.32. The third-order valence-corrected chi connectivity index (χ3v) is 7.19. The van der Waals surface area contributed by atoms with Gasteiger partial charge >= 0.3 is 11.9 Å². The van der Waals surface area contributed by atoms with Crippen molar-refractivity contribution in [2.75, 3.05) is 6.79 Å². The SMILES string of the molecule is CCc1nc(C)c(C(=O)OCOC(=O)C(C)C)n1Cc1ccc2oc(-c3ccccc3-c3nnn[nH]3)c(Br)c2c1. The number of tetrazole rings is 1. The Balaban J connectivity index is 1.46. The van der Waals surface area contributed by atoms with Crippen molar-refractivity contribution in [2.24, 2.45) is 5.92 Å². The van der Waals surface area contributed by atoms with Crippen molar-refractivity contribution >= 4 is 38.8 Å². The van der Waals surface area contributed by atoms with Crippen LogP contribution in [-0.4, -0.2) is 48.9 Å². The van der Waals surface area contributed by atoms with E-state index in [-0.39, 0.29) is 5.92 Å². The molecule has 3 heterocycles. The molecule has 206 valence electrons. The molecule has 0 radical (unpaired) electrons. The van der Waals surface area contributed by atoms with Gasteiger partial charge in [-0.1, -0.05) is 51.1 Å². The zero-order valence-corrected chi connectivity index (χ0v) is 24.0. The summed E-state index contributed by atoms with van der Waals surface area (Å²) >= 11 is 3.74. The van der Waals surface area contributed by atoms with Gasteiger partial charge in [-0.2, -0.15) is 0 Å². The van der Waals surface area contributed by atoms with E-state index in [0.717, 1.165) is 32.4 Å². The van der Waals surface area contributed by atoms with Crippen LogP contribution in [-0.2, 0) is 27.2 Å². The van der Waals surface area contributed by atoms with Gasteiger partial charge in [-0.15, -0.1) is 5.10 Å². The quantitative estimate of drug-likeness (QED) is 0.171. The number of H-pyrrole nitrogens is 1. The molecule has 0 unspecified atom stereocenters. The van der Waals surface area contributed by atoms with Crippen molar-refractivity contribution in [1.82, 2.24) is 30.2 Å². The minimum Gasteiger partial charge on any atom is -0.455 e. The monoisotopic (exact) mass is 606 g/mol. The van der Waals surface area contributed by atoms with E-state index in [2.05, 4.69) is 41.5 Å². The van der Waals surface area contributed by atoms with Gasteiger partial charge in [0.1, 0.15) is 17.2 Å². The summed E-state index contributed by atoms with van der Waals surface area (Å²) in [6.07, 6.45) is 0.617. The molecular formula is C28H27BrN6O5. The van der Waals surface area contributed by atoms with Crippen LogP contribution in [0.1, 0.15) is 48.3 Å². The number of ether oxygens (including phenoxy) is 2. The third-order valence-electron chi connectivity index (χ3n) is 6.40. The molecule has 2 aromatic carbocycles. The van der Waals surface area contributed by atoms with Gasteiger partial charge in [-0.3, -0.25) is 4.79 Å². The number of aryl methyl sites for hydroxylation is 2. The second kappa shape index (κ2) is 11.4. The van der Waals surface area contributed by atoms with Crippen LogP contribution in [0.5, 0.6) is 0 Å². The zero-order valence-electron chi connectivity index (χ0n) is 22.4. The van der Waals surface area contributed by atoms with Crippen LogP contribution in [0.2, 0.25) is 0 Å². The molecule has 12 heteroatoms. The third kappa shape index (κ3) is 5.26. The molecule has 0 bridgehead atoms. The number of hydrogen-bond acceptors (Lipinski definition) is 9. The molecular weight excluding hydrogens is 580 g/mol. The summed E-state index contributed by atoms with van der Waals surface area (Å²) < 4.78 is 19.2. The molecule has 0 aliphatic heterocycles. The van der Waals surface area contributed by atoms with E-state index in [1.165, 1.54) is 0 Å². The highest BCUT2D eigenvalue weighted by Gasteiger charge is 2.23. The van der Waals surface area contributed by atoms with Crippen molar-refractivity contribution in [3.8, 4) is 22.7 Å². The smallest absolute Gasteiger partial charge is 0.359 e. The summed E-state index contributed by atoms with van der Waals surface area (Å²) in [7, 11) is 0. The minimum absolute atomic E-state index is 0.317. The van der Waals surface area contributed by atoms with Crippen LogP contribution < -0.4 is 0 Å². The lowest BCUT2D eigenvalue weighted by molar-refractivity contribution is -0.155. The Morgan fingerprint density at radius 2 is 1.90 bits per heavy atom. The first-order valence-electron chi connectivity index (χ1n) is 12.7. The number of esters is 2. The van der Waals surface area contributed by atoms with Crippen LogP contribution >= 0.6 is 15.9 Å². The molecule has 0 aliphatic rings. The molecule has 0 saturated heterocycles. The Morgan fingerprint density at radius 3 is 2.60 bits per heavy atom. The number of furan rings is 1. The van der Waals surface area contributed by atoms with Gasteiger partial charge in [0, 0.05) is 29.5 Å². The molecule has 0 fully saturated rings. The standard InChI is InChI=1S/C28H27BrN6O5/c1-5-22-30-16(4)24(28(37)39-14-38-27(36)15(2)3)35(22)13-17-10-11-21-20(12-17)23(29)25(40-21)18-8-6-7-9-19(18)26-31-33-34-32-26/h6-12,15H,5,13-14H2,1-4H3,(H,31,32,33,34). The maximum absolute atomic E-state index is 13.0. The van der Waals surface area contributed by atoms with Gasteiger partial charge in [-0.05, 0) is 51.0 Å². The number of nitrogens with one attached hydrogen (secondary N) is 1. The van der Waals surface area contributed by atoms with Gasteiger partial charge in [0.2, 0.25) is 6.79 Å². The summed E-state index contributed by atoms with van der Waals surface area (Å²) in [5, 5.41) is 15.1. The van der Waals surface area contributed by atoms with E-state index < -0.39 is 18.7 Å². The number of carbonyl (C=O) groups excluding carboxylic acids is 2. The summed E-state index contributed by atoms with van der Waals surface area (Å²) in [5.41, 5.74) is 4.12. The molecule has 0 aliphatic carbocycles. The van der Waals surface area contributed by atoms with Gasteiger partial charge in [0.25, 0.3) is 0 Å². The van der Waals surface area contributed by atoms with Gasteiger partial charge in [0.15, 0.2) is 11.5 Å². The number of carbonyl (C=O) groups is 2. The molecule has 0 atom stereocenters. The van der Waals surface area contributed by atoms with Crippen LogP contribution in [0.25, 0.3) is 33.7 Å². The van der Waals surface area contributed by atoms with Crippen molar-refractivity contribution in [2.45, 2.75) is 40.7 Å². The number of nitrogens with zero attached hydrogens (tertiary/aromatic N) is 5. The predicted molar refractivity (Wildman–Crippen MR) is 149 cm³/mol. The lowest BCUT2D eigenvalue weighted by atomic mass is 10.0. The molecule has 3 aromatic heterocycles. The largest absolute Gasteiger partial charge is 0.455 e. The number of fused-ring (bicyclic) bond motifs is 1. The Morgan fingerprint density at radius 1 is 1.12 bits per heavy atom. The lowest BCUT2D eigenvalue weighted by Crippen LogP contribution is -2.19. The van der Waals surface area contributed by atoms with E-state index in [1.807, 2.05) is 54.0 Å². The molecule has 0 amide bonds. The fourth-order valence-corrected chi connectivity index (χ4v) is 5.04. The number of benzene rings is 2. The highest BCUT2D eigenvalue weighted by Crippen LogP contribution is 2.41. The molecule has 11 nitrogen and oxygen atoms in total. The summed E-state index contributed by atoms with van der Waals surface area (Å²) in [6, 6.07) is 13.6. The fourth-order valence-electron chi connectivity index (χ4n) is 4.44. The molecule has 0 spiro atoms. The van der Waals surface area contributed by atoms with Crippen LogP contribution in [0.15, 0.2) is 51.4 Å².